The molecule has 0 saturated carbocycles. The van der Waals surface area contributed by atoms with Crippen LogP contribution >= 0.6 is 0 Å². The summed E-state index contributed by atoms with van der Waals surface area (Å²) in [6.45, 7) is 2.07. The first-order valence-electron chi connectivity index (χ1n) is 8.48. The Morgan fingerprint density at radius 1 is 1.38 bits per heavy atom. The van der Waals surface area contributed by atoms with E-state index in [-0.39, 0.29) is 23.2 Å². The summed E-state index contributed by atoms with van der Waals surface area (Å²) in [6.07, 6.45) is 4.15. The minimum Gasteiger partial charge on any atom is -0.535 e. The molecule has 2 aliphatic rings. The van der Waals surface area contributed by atoms with Gasteiger partial charge in [-0.1, -0.05) is 6.07 Å². The highest BCUT2D eigenvalue weighted by Crippen LogP contribution is 2.37. The number of rotatable bonds is 5. The number of aromatic nitrogens is 2. The lowest BCUT2D eigenvalue weighted by atomic mass is 9.78. The van der Waals surface area contributed by atoms with Gasteiger partial charge in [-0.05, 0) is 30.4 Å². The van der Waals surface area contributed by atoms with Crippen LogP contribution in [0.1, 0.15) is 21.6 Å². The molecule has 2 aliphatic heterocycles. The first-order valence-corrected chi connectivity index (χ1v) is 8.48. The Hall–Kier alpha value is -2.65. The summed E-state index contributed by atoms with van der Waals surface area (Å²) in [5.74, 6) is -0.633. The van der Waals surface area contributed by atoms with Crippen molar-refractivity contribution in [1.82, 2.24) is 14.9 Å². The molecule has 3 heterocycles. The molecule has 0 radical (unpaired) electrons. The molecule has 9 heteroatoms. The van der Waals surface area contributed by atoms with Gasteiger partial charge in [0.2, 0.25) is 0 Å². The van der Waals surface area contributed by atoms with Gasteiger partial charge in [0.15, 0.2) is 0 Å². The van der Waals surface area contributed by atoms with Gasteiger partial charge in [0, 0.05) is 25.8 Å². The number of fused-ring (bicyclic) bond motifs is 1. The molecule has 2 N–H and O–H groups in total. The van der Waals surface area contributed by atoms with Crippen LogP contribution in [-0.2, 0) is 13.0 Å². The Morgan fingerprint density at radius 3 is 2.96 bits per heavy atom. The van der Waals surface area contributed by atoms with Gasteiger partial charge in [-0.25, -0.2) is 14.8 Å². The minimum absolute atomic E-state index is 0.0181. The number of likely N-dealkylation sites (tertiary alicyclic amines) is 1. The Kier molecular flexibility index (Phi) is 4.48. The number of ether oxygens (including phenoxy) is 1. The number of aromatic carboxylic acids is 1. The summed E-state index contributed by atoms with van der Waals surface area (Å²) in [4.78, 5) is 22.0. The molecule has 0 aliphatic carbocycles. The van der Waals surface area contributed by atoms with Crippen LogP contribution in [-0.4, -0.2) is 57.3 Å². The second-order valence-electron chi connectivity index (χ2n) is 6.48. The van der Waals surface area contributed by atoms with Crippen molar-refractivity contribution in [3.63, 3.8) is 0 Å². The maximum Gasteiger partial charge on any atom is 0.522 e. The normalized spacial score (nSPS) is 17.2. The fraction of sp³-hybridized carbons (Fsp3) is 0.353. The van der Waals surface area contributed by atoms with Gasteiger partial charge in [-0.3, -0.25) is 4.90 Å². The molecule has 0 amide bonds. The zero-order valence-electron chi connectivity index (χ0n) is 14.0. The number of carboxylic acid groups (broad SMARTS) is 1. The predicted molar refractivity (Wildman–Crippen MR) is 92.2 cm³/mol. The number of aryl methyl sites for hydroxylation is 1. The number of carbonyl (C=O) groups is 1. The lowest BCUT2D eigenvalue weighted by molar-refractivity contribution is 0.0127. The molecule has 8 nitrogen and oxygen atoms in total. The van der Waals surface area contributed by atoms with Crippen molar-refractivity contribution in [1.29, 1.82) is 0 Å². The smallest absolute Gasteiger partial charge is 0.522 e. The molecule has 1 fully saturated rings. The molecule has 0 bridgehead atoms. The van der Waals surface area contributed by atoms with Crippen molar-refractivity contribution < 1.29 is 24.3 Å². The third kappa shape index (κ3) is 3.35. The van der Waals surface area contributed by atoms with E-state index in [2.05, 4.69) is 14.9 Å². The number of hydrogen-bond donors (Lipinski definition) is 2. The molecular weight excluding hydrogens is 337 g/mol. The Labute approximate surface area is 150 Å². The molecule has 0 atom stereocenters. The predicted octanol–water partition coefficient (Wildman–Crippen LogP) is 0.853. The third-order valence-electron chi connectivity index (χ3n) is 4.58. The van der Waals surface area contributed by atoms with Crippen LogP contribution < -0.4 is 9.39 Å². The molecule has 4 rings (SSSR count). The second-order valence-corrected chi connectivity index (χ2v) is 6.48. The van der Waals surface area contributed by atoms with Gasteiger partial charge in [-0.15, -0.1) is 0 Å². The molecule has 1 aromatic heterocycles. The van der Waals surface area contributed by atoms with Crippen molar-refractivity contribution in [2.45, 2.75) is 25.4 Å². The van der Waals surface area contributed by atoms with E-state index in [4.69, 9.17) is 9.39 Å². The van der Waals surface area contributed by atoms with E-state index >= 15 is 0 Å². The van der Waals surface area contributed by atoms with Crippen molar-refractivity contribution >= 4 is 13.1 Å². The highest BCUT2D eigenvalue weighted by atomic mass is 16.5. The van der Waals surface area contributed by atoms with Gasteiger partial charge in [0.25, 0.3) is 0 Å². The summed E-state index contributed by atoms with van der Waals surface area (Å²) >= 11 is 0. The molecule has 26 heavy (non-hydrogen) atoms. The van der Waals surface area contributed by atoms with E-state index in [0.717, 1.165) is 11.3 Å². The first-order chi connectivity index (χ1) is 12.6. The van der Waals surface area contributed by atoms with Gasteiger partial charge in [0.1, 0.15) is 29.5 Å². The molecular formula is C17H18BN3O5. The van der Waals surface area contributed by atoms with Crippen LogP contribution in [0, 0.1) is 0 Å². The summed E-state index contributed by atoms with van der Waals surface area (Å²) in [7, 11) is -0.983. The SMILES string of the molecule is O=C(O)c1c(OC2CN(Cc3ccncn3)C2)ccc2c1OB(O)CC2. The largest absolute Gasteiger partial charge is 0.535 e. The van der Waals surface area contributed by atoms with Crippen molar-refractivity contribution in [3.05, 3.63) is 47.5 Å². The Bertz CT molecular complexity index is 814. The lowest BCUT2D eigenvalue weighted by Crippen LogP contribution is -2.53. The standard InChI is InChI=1S/C17H18BN3O5/c22-17(23)15-14(2-1-11-3-5-18(24)26-16(11)15)25-13-8-21(9-13)7-12-4-6-19-10-20-12/h1-2,4,6,10,13,24H,3,5,7-9H2,(H,22,23). The van der Waals surface area contributed by atoms with E-state index in [1.54, 1.807) is 18.3 Å². The fourth-order valence-corrected chi connectivity index (χ4v) is 3.26. The summed E-state index contributed by atoms with van der Waals surface area (Å²) < 4.78 is 11.3. The third-order valence-corrected chi connectivity index (χ3v) is 4.58. The maximum atomic E-state index is 11.7. The molecule has 0 unspecified atom stereocenters. The molecule has 2 aromatic rings. The van der Waals surface area contributed by atoms with Crippen molar-refractivity contribution in [2.24, 2.45) is 0 Å². The van der Waals surface area contributed by atoms with Gasteiger partial charge >= 0.3 is 13.1 Å². The monoisotopic (exact) mass is 355 g/mol. The van der Waals surface area contributed by atoms with E-state index < -0.39 is 13.1 Å². The molecule has 0 spiro atoms. The second kappa shape index (κ2) is 6.93. The fourth-order valence-electron chi connectivity index (χ4n) is 3.26. The van der Waals surface area contributed by atoms with Gasteiger partial charge < -0.3 is 19.5 Å². The van der Waals surface area contributed by atoms with Crippen LogP contribution in [0.25, 0.3) is 0 Å². The van der Waals surface area contributed by atoms with Crippen LogP contribution in [0.2, 0.25) is 6.32 Å². The zero-order chi connectivity index (χ0) is 18.1. The highest BCUT2D eigenvalue weighted by molar-refractivity contribution is 6.44. The minimum atomic E-state index is -1.12. The van der Waals surface area contributed by atoms with Gasteiger partial charge in [0.05, 0.1) is 5.69 Å². The van der Waals surface area contributed by atoms with Gasteiger partial charge in [-0.2, -0.15) is 0 Å². The Balaban J connectivity index is 1.44. The topological polar surface area (TPSA) is 105 Å². The summed E-state index contributed by atoms with van der Waals surface area (Å²) in [5.41, 5.74) is 1.69. The maximum absolute atomic E-state index is 11.7. The molecule has 134 valence electrons. The number of benzene rings is 1. The van der Waals surface area contributed by atoms with E-state index in [0.29, 0.717) is 32.4 Å². The van der Waals surface area contributed by atoms with Crippen LogP contribution in [0.4, 0.5) is 0 Å². The summed E-state index contributed by atoms with van der Waals surface area (Å²) in [6, 6.07) is 5.35. The highest BCUT2D eigenvalue weighted by Gasteiger charge is 2.33. The average Bonchev–Trinajstić information content (AvgIpc) is 2.60. The number of hydrogen-bond acceptors (Lipinski definition) is 7. The van der Waals surface area contributed by atoms with E-state index in [9.17, 15) is 14.9 Å². The van der Waals surface area contributed by atoms with Crippen molar-refractivity contribution in [2.75, 3.05) is 13.1 Å². The van der Waals surface area contributed by atoms with Crippen molar-refractivity contribution in [3.8, 4) is 11.5 Å². The number of nitrogens with zero attached hydrogens (tertiary/aromatic N) is 3. The number of carboxylic acids is 1. The van der Waals surface area contributed by atoms with Crippen LogP contribution in [0.3, 0.4) is 0 Å². The first kappa shape index (κ1) is 16.8. The van der Waals surface area contributed by atoms with E-state index in [1.165, 1.54) is 6.33 Å². The summed E-state index contributed by atoms with van der Waals surface area (Å²) in [5, 5.41) is 19.3. The lowest BCUT2D eigenvalue weighted by Gasteiger charge is -2.39. The average molecular weight is 355 g/mol. The quantitative estimate of drug-likeness (QED) is 0.761. The zero-order valence-corrected chi connectivity index (χ0v) is 14.0. The van der Waals surface area contributed by atoms with Crippen LogP contribution in [0.15, 0.2) is 30.7 Å². The Morgan fingerprint density at radius 2 is 2.23 bits per heavy atom. The van der Waals surface area contributed by atoms with Crippen LogP contribution in [0.5, 0.6) is 11.5 Å². The molecule has 1 saturated heterocycles. The van der Waals surface area contributed by atoms with E-state index in [1.807, 2.05) is 6.07 Å². The molecule has 1 aromatic carbocycles.